The first kappa shape index (κ1) is 17.7. The van der Waals surface area contributed by atoms with Gasteiger partial charge in [0, 0.05) is 5.39 Å². The lowest BCUT2D eigenvalue weighted by molar-refractivity contribution is -0.122. The lowest BCUT2D eigenvalue weighted by Gasteiger charge is -2.15. The second kappa shape index (κ2) is 7.03. The molecule has 0 aliphatic rings. The summed E-state index contributed by atoms with van der Waals surface area (Å²) in [7, 11) is 0. The maximum Gasteiger partial charge on any atom is 0.275 e. The summed E-state index contributed by atoms with van der Waals surface area (Å²) in [5.74, 6) is -2.38. The number of carbonyl (C=O) groups is 1. The number of halogens is 2. The molecule has 0 aliphatic carbocycles. The molecular weight excluding hydrogens is 340 g/mol. The van der Waals surface area contributed by atoms with Crippen LogP contribution in [0.1, 0.15) is 24.2 Å². The highest BCUT2D eigenvalue weighted by Crippen LogP contribution is 2.16. The van der Waals surface area contributed by atoms with Gasteiger partial charge in [-0.15, -0.1) is 0 Å². The second-order valence-electron chi connectivity index (χ2n) is 6.06. The van der Waals surface area contributed by atoms with Crippen molar-refractivity contribution in [3.8, 4) is 0 Å². The molecule has 1 heterocycles. The molecule has 1 unspecified atom stereocenters. The number of carbonyl (C=O) groups excluding carboxylic acids is 1. The molecule has 7 heteroatoms. The Kier molecular flexibility index (Phi) is 4.79. The summed E-state index contributed by atoms with van der Waals surface area (Å²) >= 11 is 0. The van der Waals surface area contributed by atoms with E-state index in [0.717, 1.165) is 22.2 Å². The van der Waals surface area contributed by atoms with Crippen molar-refractivity contribution in [2.75, 3.05) is 0 Å². The third kappa shape index (κ3) is 3.46. The Morgan fingerprint density at radius 3 is 2.54 bits per heavy atom. The van der Waals surface area contributed by atoms with Crippen LogP contribution < -0.4 is 10.9 Å². The van der Waals surface area contributed by atoms with Gasteiger partial charge in [0.05, 0.1) is 17.1 Å². The van der Waals surface area contributed by atoms with Crippen LogP contribution in [0.4, 0.5) is 8.78 Å². The number of hydrogen-bond donors (Lipinski definition) is 1. The normalized spacial score (nSPS) is 12.2. The predicted octanol–water partition coefficient (Wildman–Crippen LogP) is 2.86. The molecule has 0 saturated heterocycles. The molecule has 5 nitrogen and oxygen atoms in total. The van der Waals surface area contributed by atoms with Crippen molar-refractivity contribution >= 4 is 16.7 Å². The number of aryl methyl sites for hydroxylation is 1. The highest BCUT2D eigenvalue weighted by atomic mass is 19.2. The van der Waals surface area contributed by atoms with Gasteiger partial charge in [0.25, 0.3) is 5.56 Å². The summed E-state index contributed by atoms with van der Waals surface area (Å²) in [4.78, 5) is 24.8. The molecule has 0 aliphatic heterocycles. The Labute approximate surface area is 148 Å². The number of hydrogen-bond acceptors (Lipinski definition) is 3. The number of fused-ring (bicyclic) bond motifs is 1. The van der Waals surface area contributed by atoms with Crippen LogP contribution in [0.25, 0.3) is 10.8 Å². The molecule has 1 N–H and O–H groups in total. The van der Waals surface area contributed by atoms with Gasteiger partial charge in [0.1, 0.15) is 6.54 Å². The Morgan fingerprint density at radius 1 is 1.15 bits per heavy atom. The highest BCUT2D eigenvalue weighted by Gasteiger charge is 2.15. The summed E-state index contributed by atoms with van der Waals surface area (Å²) in [6.45, 7) is 3.14. The molecule has 3 rings (SSSR count). The molecule has 0 fully saturated rings. The first-order valence-electron chi connectivity index (χ1n) is 8.07. The van der Waals surface area contributed by atoms with E-state index in [0.29, 0.717) is 16.6 Å². The van der Waals surface area contributed by atoms with E-state index >= 15 is 0 Å². The van der Waals surface area contributed by atoms with Gasteiger partial charge in [0.15, 0.2) is 11.6 Å². The number of nitrogens with zero attached hydrogens (tertiary/aromatic N) is 2. The SMILES string of the molecule is Cc1nn(CC(=O)NC(C)c2ccc(F)c(F)c2)c(=O)c2ccccc12. The zero-order chi connectivity index (χ0) is 18.8. The fourth-order valence-electron chi connectivity index (χ4n) is 2.80. The maximum absolute atomic E-state index is 13.3. The molecule has 1 amide bonds. The molecule has 3 aromatic rings. The van der Waals surface area contributed by atoms with Crippen LogP contribution in [0.5, 0.6) is 0 Å². The van der Waals surface area contributed by atoms with Gasteiger partial charge >= 0.3 is 0 Å². The van der Waals surface area contributed by atoms with E-state index < -0.39 is 23.6 Å². The van der Waals surface area contributed by atoms with Gasteiger partial charge in [0.2, 0.25) is 5.91 Å². The Hall–Kier alpha value is -3.09. The number of rotatable bonds is 4. The lowest BCUT2D eigenvalue weighted by atomic mass is 10.1. The molecular formula is C19H17F2N3O2. The highest BCUT2D eigenvalue weighted by molar-refractivity contribution is 5.83. The third-order valence-electron chi connectivity index (χ3n) is 4.17. The van der Waals surface area contributed by atoms with Crippen molar-refractivity contribution in [2.45, 2.75) is 26.4 Å². The van der Waals surface area contributed by atoms with Crippen molar-refractivity contribution in [3.05, 3.63) is 75.7 Å². The first-order chi connectivity index (χ1) is 12.4. The van der Waals surface area contributed by atoms with Crippen molar-refractivity contribution < 1.29 is 13.6 Å². The molecule has 0 bridgehead atoms. The predicted molar refractivity (Wildman–Crippen MR) is 93.7 cm³/mol. The number of amides is 1. The average molecular weight is 357 g/mol. The van der Waals surface area contributed by atoms with Crippen molar-refractivity contribution in [2.24, 2.45) is 0 Å². The molecule has 1 aromatic heterocycles. The van der Waals surface area contributed by atoms with E-state index in [1.807, 2.05) is 6.07 Å². The fourth-order valence-corrected chi connectivity index (χ4v) is 2.80. The standard InChI is InChI=1S/C19H17F2N3O2/c1-11(13-7-8-16(20)17(21)9-13)22-18(25)10-24-19(26)15-6-4-3-5-14(15)12(2)23-24/h3-9,11H,10H2,1-2H3,(H,22,25). The molecule has 0 radical (unpaired) electrons. The number of benzene rings is 2. The van der Waals surface area contributed by atoms with E-state index in [4.69, 9.17) is 0 Å². The summed E-state index contributed by atoms with van der Waals surface area (Å²) in [5.41, 5.74) is 0.704. The third-order valence-corrected chi connectivity index (χ3v) is 4.17. The quantitative estimate of drug-likeness (QED) is 0.781. The van der Waals surface area contributed by atoms with E-state index in [1.54, 1.807) is 32.0 Å². The van der Waals surface area contributed by atoms with Gasteiger partial charge in [-0.3, -0.25) is 9.59 Å². The minimum Gasteiger partial charge on any atom is -0.348 e. The minimum absolute atomic E-state index is 0.265. The van der Waals surface area contributed by atoms with Gasteiger partial charge in [-0.05, 0) is 37.6 Å². The largest absolute Gasteiger partial charge is 0.348 e. The molecule has 134 valence electrons. The van der Waals surface area contributed by atoms with E-state index in [9.17, 15) is 18.4 Å². The molecule has 1 atom stereocenters. The summed E-state index contributed by atoms with van der Waals surface area (Å²) in [6, 6.07) is 9.94. The molecule has 0 saturated carbocycles. The number of nitrogens with one attached hydrogen (secondary N) is 1. The van der Waals surface area contributed by atoms with Crippen molar-refractivity contribution in [1.82, 2.24) is 15.1 Å². The topological polar surface area (TPSA) is 64.0 Å². The van der Waals surface area contributed by atoms with E-state index in [1.165, 1.54) is 6.07 Å². The van der Waals surface area contributed by atoms with Crippen LogP contribution in [-0.2, 0) is 11.3 Å². The second-order valence-corrected chi connectivity index (χ2v) is 6.06. The van der Waals surface area contributed by atoms with Gasteiger partial charge in [-0.1, -0.05) is 24.3 Å². The van der Waals surface area contributed by atoms with Gasteiger partial charge in [-0.2, -0.15) is 5.10 Å². The lowest BCUT2D eigenvalue weighted by Crippen LogP contribution is -2.35. The van der Waals surface area contributed by atoms with Crippen LogP contribution >= 0.6 is 0 Å². The zero-order valence-electron chi connectivity index (χ0n) is 14.3. The number of aromatic nitrogens is 2. The fraction of sp³-hybridized carbons (Fsp3) is 0.211. The minimum atomic E-state index is -0.980. The summed E-state index contributed by atoms with van der Waals surface area (Å²) < 4.78 is 27.4. The van der Waals surface area contributed by atoms with Crippen LogP contribution in [0, 0.1) is 18.6 Å². The smallest absolute Gasteiger partial charge is 0.275 e. The average Bonchev–Trinajstić information content (AvgIpc) is 2.61. The van der Waals surface area contributed by atoms with Crippen LogP contribution in [0.2, 0.25) is 0 Å². The zero-order valence-corrected chi connectivity index (χ0v) is 14.3. The van der Waals surface area contributed by atoms with Crippen molar-refractivity contribution in [3.63, 3.8) is 0 Å². The molecule has 2 aromatic carbocycles. The summed E-state index contributed by atoms with van der Waals surface area (Å²) in [5, 5.41) is 8.07. The van der Waals surface area contributed by atoms with Crippen molar-refractivity contribution in [1.29, 1.82) is 0 Å². The summed E-state index contributed by atoms with van der Waals surface area (Å²) in [6.07, 6.45) is 0. The Morgan fingerprint density at radius 2 is 1.85 bits per heavy atom. The van der Waals surface area contributed by atoms with E-state index in [2.05, 4.69) is 10.4 Å². The maximum atomic E-state index is 13.3. The Balaban J connectivity index is 1.80. The molecule has 26 heavy (non-hydrogen) atoms. The monoisotopic (exact) mass is 357 g/mol. The van der Waals surface area contributed by atoms with Gasteiger partial charge in [-0.25, -0.2) is 13.5 Å². The Bertz CT molecular complexity index is 1050. The van der Waals surface area contributed by atoms with Crippen LogP contribution in [0.3, 0.4) is 0 Å². The molecule has 0 spiro atoms. The van der Waals surface area contributed by atoms with Crippen LogP contribution in [-0.4, -0.2) is 15.7 Å². The first-order valence-corrected chi connectivity index (χ1v) is 8.07. The van der Waals surface area contributed by atoms with Crippen LogP contribution in [0.15, 0.2) is 47.3 Å². The van der Waals surface area contributed by atoms with Gasteiger partial charge < -0.3 is 5.32 Å². The van der Waals surface area contributed by atoms with E-state index in [-0.39, 0.29) is 12.1 Å².